The highest BCUT2D eigenvalue weighted by atomic mass is 16.5. The first-order chi connectivity index (χ1) is 17.6. The van der Waals surface area contributed by atoms with E-state index in [4.69, 9.17) is 19.4 Å². The van der Waals surface area contributed by atoms with Gasteiger partial charge in [-0.3, -0.25) is 0 Å². The maximum absolute atomic E-state index is 12.3. The number of hydrogen-bond donors (Lipinski definition) is 0. The Balaban J connectivity index is 1.48. The summed E-state index contributed by atoms with van der Waals surface area (Å²) in [5, 5.41) is 0.961. The lowest BCUT2D eigenvalue weighted by Crippen LogP contribution is -2.14. The summed E-state index contributed by atoms with van der Waals surface area (Å²) in [7, 11) is 0. The van der Waals surface area contributed by atoms with Gasteiger partial charge in [-0.1, -0.05) is 12.1 Å². The van der Waals surface area contributed by atoms with Crippen molar-refractivity contribution in [3.63, 3.8) is 0 Å². The monoisotopic (exact) mass is 480 g/mol. The summed E-state index contributed by atoms with van der Waals surface area (Å²) in [5.41, 5.74) is 8.28. The fourth-order valence-electron chi connectivity index (χ4n) is 4.95. The van der Waals surface area contributed by atoms with Gasteiger partial charge in [0.05, 0.1) is 36.0 Å². The van der Waals surface area contributed by atoms with Gasteiger partial charge in [0.25, 0.3) is 0 Å². The van der Waals surface area contributed by atoms with Crippen LogP contribution in [-0.2, 0) is 35.2 Å². The second-order valence-electron chi connectivity index (χ2n) is 8.89. The zero-order chi connectivity index (χ0) is 24.8. The summed E-state index contributed by atoms with van der Waals surface area (Å²) >= 11 is 0. The first-order valence-corrected chi connectivity index (χ1v) is 12.2. The van der Waals surface area contributed by atoms with Gasteiger partial charge in [-0.25, -0.2) is 29.5 Å². The molecule has 0 aliphatic heterocycles. The van der Waals surface area contributed by atoms with Crippen LogP contribution in [0.3, 0.4) is 0 Å². The van der Waals surface area contributed by atoms with Crippen LogP contribution >= 0.6 is 0 Å². The fourth-order valence-corrected chi connectivity index (χ4v) is 4.95. The van der Waals surface area contributed by atoms with Crippen LogP contribution in [-0.4, -0.2) is 45.1 Å². The van der Waals surface area contributed by atoms with Crippen LogP contribution in [0, 0.1) is 0 Å². The van der Waals surface area contributed by atoms with Gasteiger partial charge in [-0.15, -0.1) is 0 Å². The highest BCUT2D eigenvalue weighted by Gasteiger charge is 2.25. The lowest BCUT2D eigenvalue weighted by atomic mass is 9.89. The second kappa shape index (κ2) is 8.78. The third-order valence-electron chi connectivity index (χ3n) is 6.66. The van der Waals surface area contributed by atoms with E-state index in [0.29, 0.717) is 30.2 Å². The van der Waals surface area contributed by atoms with E-state index in [1.165, 1.54) is 0 Å². The number of nitrogens with zero attached hydrogens (tertiary/aromatic N) is 4. The van der Waals surface area contributed by atoms with E-state index in [-0.39, 0.29) is 11.4 Å². The van der Waals surface area contributed by atoms with Crippen LogP contribution < -0.4 is 0 Å². The highest BCUT2D eigenvalue weighted by molar-refractivity contribution is 5.90. The van der Waals surface area contributed by atoms with E-state index in [1.54, 1.807) is 26.0 Å². The van der Waals surface area contributed by atoms with Crippen molar-refractivity contribution in [3.8, 4) is 22.8 Å². The van der Waals surface area contributed by atoms with Crippen molar-refractivity contribution in [2.75, 3.05) is 13.2 Å². The third-order valence-corrected chi connectivity index (χ3v) is 6.66. The summed E-state index contributed by atoms with van der Waals surface area (Å²) in [6.07, 6.45) is 3.35. The summed E-state index contributed by atoms with van der Waals surface area (Å²) in [5.74, 6) is -0.888. The van der Waals surface area contributed by atoms with Gasteiger partial charge in [0.15, 0.2) is 5.65 Å². The van der Waals surface area contributed by atoms with Crippen molar-refractivity contribution in [2.45, 2.75) is 39.5 Å². The number of hydrogen-bond acceptors (Lipinski definition) is 8. The van der Waals surface area contributed by atoms with E-state index in [1.807, 2.05) is 12.1 Å². The van der Waals surface area contributed by atoms with E-state index < -0.39 is 11.9 Å². The Bertz CT molecular complexity index is 1450. The number of rotatable bonds is 4. The molecule has 0 bridgehead atoms. The van der Waals surface area contributed by atoms with E-state index in [0.717, 1.165) is 64.7 Å². The van der Waals surface area contributed by atoms with Crippen molar-refractivity contribution < 1.29 is 19.1 Å². The molecule has 0 radical (unpaired) electrons. The number of fused-ring (bicyclic) bond motifs is 7. The molecule has 2 aliphatic rings. The highest BCUT2D eigenvalue weighted by Crippen LogP contribution is 2.36. The van der Waals surface area contributed by atoms with Crippen LogP contribution in [0.1, 0.15) is 57.1 Å². The largest absolute Gasteiger partial charge is 0.461 e. The van der Waals surface area contributed by atoms with Gasteiger partial charge in [0, 0.05) is 5.39 Å². The second-order valence-corrected chi connectivity index (χ2v) is 8.89. The SMILES string of the molecule is CCOC(=O)c1ccc2c(n1)-c1nc3nc4c(cc3cc1CC2)CCc1ccc(C(=O)OCC)nc1-4. The van der Waals surface area contributed by atoms with Crippen LogP contribution in [0.15, 0.2) is 36.4 Å². The fraction of sp³-hybridized carbons (Fsp3) is 0.286. The van der Waals surface area contributed by atoms with E-state index >= 15 is 0 Å². The zero-order valence-electron chi connectivity index (χ0n) is 20.1. The van der Waals surface area contributed by atoms with Crippen LogP contribution in [0.4, 0.5) is 0 Å². The number of aryl methyl sites for hydroxylation is 4. The molecule has 8 heteroatoms. The molecule has 6 rings (SSSR count). The van der Waals surface area contributed by atoms with Crippen LogP contribution in [0.2, 0.25) is 0 Å². The number of aromatic nitrogens is 4. The van der Waals surface area contributed by atoms with Gasteiger partial charge in [0.2, 0.25) is 0 Å². The number of carbonyl (C=O) groups excluding carboxylic acids is 2. The number of pyridine rings is 4. The van der Waals surface area contributed by atoms with Crippen LogP contribution in [0.25, 0.3) is 33.8 Å². The quantitative estimate of drug-likeness (QED) is 0.398. The Morgan fingerprint density at radius 3 is 1.50 bits per heavy atom. The van der Waals surface area contributed by atoms with Crippen molar-refractivity contribution in [2.24, 2.45) is 0 Å². The van der Waals surface area contributed by atoms with Crippen molar-refractivity contribution in [1.82, 2.24) is 19.9 Å². The van der Waals surface area contributed by atoms with Crippen molar-refractivity contribution in [1.29, 1.82) is 0 Å². The van der Waals surface area contributed by atoms with Gasteiger partial charge in [-0.2, -0.15) is 0 Å². The third kappa shape index (κ3) is 3.69. The lowest BCUT2D eigenvalue weighted by molar-refractivity contribution is 0.0510. The minimum absolute atomic E-state index is 0.272. The molecule has 8 nitrogen and oxygen atoms in total. The average Bonchev–Trinajstić information content (AvgIpc) is 2.90. The molecule has 4 heterocycles. The summed E-state index contributed by atoms with van der Waals surface area (Å²) in [4.78, 5) is 43.7. The normalized spacial score (nSPS) is 13.3. The number of carbonyl (C=O) groups is 2. The molecule has 0 fully saturated rings. The molecule has 0 spiro atoms. The molecular weight excluding hydrogens is 456 g/mol. The summed E-state index contributed by atoms with van der Waals surface area (Å²) in [6, 6.07) is 11.5. The Kier molecular flexibility index (Phi) is 5.44. The summed E-state index contributed by atoms with van der Waals surface area (Å²) in [6.45, 7) is 4.13. The average molecular weight is 481 g/mol. The van der Waals surface area contributed by atoms with E-state index in [9.17, 15) is 9.59 Å². The first kappa shape index (κ1) is 22.3. The zero-order valence-corrected chi connectivity index (χ0v) is 20.1. The predicted molar refractivity (Wildman–Crippen MR) is 133 cm³/mol. The van der Waals surface area contributed by atoms with Crippen molar-refractivity contribution in [3.05, 3.63) is 70.0 Å². The standard InChI is InChI=1S/C28H24N4O4/c1-3-35-27(33)20-11-9-15-5-7-17-13-19-14-18-8-6-16-10-12-21(28(34)36-4-2)30-23(16)25(18)32-26(19)31-24(17)22(15)29-20/h9-14H,3-8H2,1-2H3. The molecule has 4 aromatic rings. The Labute approximate surface area is 207 Å². The maximum atomic E-state index is 12.3. The lowest BCUT2D eigenvalue weighted by Gasteiger charge is -2.21. The summed E-state index contributed by atoms with van der Waals surface area (Å²) < 4.78 is 10.3. The molecule has 0 saturated heterocycles. The number of esters is 2. The van der Waals surface area contributed by atoms with E-state index in [2.05, 4.69) is 22.1 Å². The molecule has 180 valence electrons. The van der Waals surface area contributed by atoms with Crippen molar-refractivity contribution >= 4 is 23.0 Å². The molecule has 0 N–H and O–H groups in total. The molecule has 4 aromatic heterocycles. The Morgan fingerprint density at radius 1 is 0.639 bits per heavy atom. The van der Waals surface area contributed by atoms with Gasteiger partial charge in [-0.05, 0) is 86.1 Å². The minimum atomic E-state index is -0.444. The smallest absolute Gasteiger partial charge is 0.356 e. The molecule has 0 aromatic carbocycles. The molecule has 2 aliphatic carbocycles. The Hall–Kier alpha value is -4.20. The molecule has 36 heavy (non-hydrogen) atoms. The molecular formula is C28H24N4O4. The molecule has 0 amide bonds. The first-order valence-electron chi connectivity index (χ1n) is 12.2. The van der Waals surface area contributed by atoms with Gasteiger partial charge in [0.1, 0.15) is 11.4 Å². The molecule has 0 atom stereocenters. The predicted octanol–water partition coefficient (Wildman–Crippen LogP) is 4.30. The minimum Gasteiger partial charge on any atom is -0.461 e. The van der Waals surface area contributed by atoms with Gasteiger partial charge < -0.3 is 9.47 Å². The topological polar surface area (TPSA) is 104 Å². The molecule has 0 unspecified atom stereocenters. The molecule has 0 saturated carbocycles. The number of ether oxygens (including phenoxy) is 2. The van der Waals surface area contributed by atoms with Crippen LogP contribution in [0.5, 0.6) is 0 Å². The van der Waals surface area contributed by atoms with Gasteiger partial charge >= 0.3 is 11.9 Å². The maximum Gasteiger partial charge on any atom is 0.356 e. The Morgan fingerprint density at radius 2 is 1.06 bits per heavy atom.